The average molecular weight is 825 g/mol. The molecule has 57 heavy (non-hydrogen) atoms. The maximum absolute atomic E-state index is 14.3. The Bertz CT molecular complexity index is 836. The molecule has 0 saturated carbocycles. The first-order valence-corrected chi connectivity index (χ1v) is 26.6. The van der Waals surface area contributed by atoms with Gasteiger partial charge >= 0.3 is 11.9 Å². The fourth-order valence-corrected chi connectivity index (χ4v) is 8.72. The molecular weight excluding hydrogens is 725 g/mol. The molecule has 6 heteroatoms. The maximum atomic E-state index is 14.3. The van der Waals surface area contributed by atoms with E-state index >= 15 is 0 Å². The van der Waals surface area contributed by atoms with Crippen molar-refractivity contribution in [1.82, 2.24) is 0 Å². The van der Waals surface area contributed by atoms with Crippen LogP contribution in [0.1, 0.15) is 285 Å². The molecule has 4 atom stereocenters. The van der Waals surface area contributed by atoms with E-state index < -0.39 is 0 Å². The molecule has 0 amide bonds. The first kappa shape index (κ1) is 56.2. The summed E-state index contributed by atoms with van der Waals surface area (Å²) in [5, 5.41) is 0. The summed E-state index contributed by atoms with van der Waals surface area (Å²) in [4.78, 5) is 28.6. The summed E-state index contributed by atoms with van der Waals surface area (Å²) in [7, 11) is 0. The highest BCUT2D eigenvalue weighted by Gasteiger charge is 2.33. The molecular formula is C51H100O5S. The molecule has 5 nitrogen and oxygen atoms in total. The predicted molar refractivity (Wildman–Crippen MR) is 250 cm³/mol. The van der Waals surface area contributed by atoms with Crippen LogP contribution >= 0.6 is 12.0 Å². The number of rotatable bonds is 46. The molecule has 0 aromatic carbocycles. The molecule has 0 aliphatic carbocycles. The lowest BCUT2D eigenvalue weighted by molar-refractivity contribution is -0.175. The maximum Gasteiger partial charge on any atom is 0.309 e. The van der Waals surface area contributed by atoms with Crippen molar-refractivity contribution in [1.29, 1.82) is 0 Å². The van der Waals surface area contributed by atoms with E-state index in [4.69, 9.17) is 14.0 Å². The van der Waals surface area contributed by atoms with E-state index in [1.807, 2.05) is 0 Å². The van der Waals surface area contributed by atoms with E-state index in [0.29, 0.717) is 0 Å². The van der Waals surface area contributed by atoms with Crippen LogP contribution < -0.4 is 0 Å². The Kier molecular flexibility index (Phi) is 44.2. The monoisotopic (exact) mass is 825 g/mol. The zero-order chi connectivity index (χ0) is 41.9. The van der Waals surface area contributed by atoms with E-state index in [-0.39, 0.29) is 36.0 Å². The number of hydrogen-bond donors (Lipinski definition) is 1. The molecule has 0 fully saturated rings. The van der Waals surface area contributed by atoms with Gasteiger partial charge in [-0.05, 0) is 69.8 Å². The summed E-state index contributed by atoms with van der Waals surface area (Å²) in [6.45, 7) is 11.3. The minimum absolute atomic E-state index is 0.0265. The first-order chi connectivity index (χ1) is 28.0. The number of carbonyl (C=O) groups excluding carboxylic acids is 2. The van der Waals surface area contributed by atoms with Crippen molar-refractivity contribution < 1.29 is 23.6 Å². The van der Waals surface area contributed by atoms with Crippen LogP contribution in [-0.2, 0) is 19.1 Å². The van der Waals surface area contributed by atoms with Gasteiger partial charge in [0.2, 0.25) is 0 Å². The fourth-order valence-electron chi connectivity index (χ4n) is 8.39. The molecule has 0 aromatic rings. The van der Waals surface area contributed by atoms with Gasteiger partial charge in [0.25, 0.3) is 0 Å². The predicted octanol–water partition coefficient (Wildman–Crippen LogP) is 17.6. The molecule has 1 N–H and O–H groups in total. The van der Waals surface area contributed by atoms with Crippen LogP contribution in [-0.4, -0.2) is 34.5 Å². The fraction of sp³-hybridized carbons (Fsp3) is 0.961. The van der Waals surface area contributed by atoms with Crippen molar-refractivity contribution in [2.75, 3.05) is 5.75 Å². The van der Waals surface area contributed by atoms with Crippen LogP contribution in [0.2, 0.25) is 0 Å². The summed E-state index contributed by atoms with van der Waals surface area (Å²) in [5.41, 5.74) is 0. The lowest BCUT2D eigenvalue weighted by atomic mass is 9.93. The number of hydrogen-bond acceptors (Lipinski definition) is 6. The summed E-state index contributed by atoms with van der Waals surface area (Å²) >= 11 is 0.951. The third-order valence-corrected chi connectivity index (χ3v) is 12.8. The Morgan fingerprint density at radius 3 is 0.860 bits per heavy atom. The molecule has 0 rings (SSSR count). The van der Waals surface area contributed by atoms with E-state index in [0.717, 1.165) is 114 Å². The Balaban J connectivity index is 6.15. The Morgan fingerprint density at radius 2 is 0.579 bits per heavy atom. The van der Waals surface area contributed by atoms with Gasteiger partial charge in [0.15, 0.2) is 0 Å². The SMILES string of the molecule is CCCCCCCCC(CCCCCC)C(=O)O[C@@H](CCCCCCCC)[C@@H](CCCCCCCCCSO)OC(=O)C(CCCCCC)CCCCCCCC. The highest BCUT2D eigenvalue weighted by atomic mass is 32.2. The van der Waals surface area contributed by atoms with Crippen LogP contribution in [0.25, 0.3) is 0 Å². The second-order valence-electron chi connectivity index (χ2n) is 17.8. The van der Waals surface area contributed by atoms with Gasteiger partial charge < -0.3 is 14.0 Å². The third-order valence-electron chi connectivity index (χ3n) is 12.3. The minimum Gasteiger partial charge on any atom is -0.458 e. The quantitative estimate of drug-likeness (QED) is 0.0374. The molecule has 0 aromatic heterocycles. The molecule has 0 saturated heterocycles. The normalized spacial score (nSPS) is 13.7. The Labute approximate surface area is 361 Å². The van der Waals surface area contributed by atoms with E-state index in [1.165, 1.54) is 154 Å². The molecule has 0 bridgehead atoms. The van der Waals surface area contributed by atoms with Gasteiger partial charge in [-0.1, -0.05) is 227 Å². The minimum atomic E-state index is -0.365. The van der Waals surface area contributed by atoms with Crippen LogP contribution in [0, 0.1) is 11.8 Å². The standard InChI is InChI=1S/C51H100O5S/c1-6-11-16-21-27-34-41-46(39-32-19-14-9-4)50(52)55-48(43-36-29-23-18-13-8-3)49(44-37-30-25-24-26-31-38-45-57-54)56-51(53)47(40-33-20-15-10-5)42-35-28-22-17-12-7-2/h46-49,54H,6-45H2,1-5H3/t46?,47?,48-,49+/m0/s1. The highest BCUT2D eigenvalue weighted by Crippen LogP contribution is 2.28. The molecule has 0 radical (unpaired) electrons. The second-order valence-corrected chi connectivity index (χ2v) is 18.5. The Morgan fingerprint density at radius 1 is 0.351 bits per heavy atom. The van der Waals surface area contributed by atoms with Gasteiger partial charge in [-0.25, -0.2) is 0 Å². The van der Waals surface area contributed by atoms with Gasteiger partial charge in [-0.15, -0.1) is 0 Å². The van der Waals surface area contributed by atoms with Crippen LogP contribution in [0.3, 0.4) is 0 Å². The van der Waals surface area contributed by atoms with E-state index in [9.17, 15) is 9.59 Å². The molecule has 0 aliphatic rings. The third kappa shape index (κ3) is 35.7. The summed E-state index contributed by atoms with van der Waals surface area (Å²) in [5.74, 6) is 0.653. The smallest absolute Gasteiger partial charge is 0.309 e. The van der Waals surface area contributed by atoms with E-state index in [1.54, 1.807) is 0 Å². The summed E-state index contributed by atoms with van der Waals surface area (Å²) in [6, 6.07) is 0. The zero-order valence-electron chi connectivity index (χ0n) is 39.1. The number of esters is 2. The van der Waals surface area contributed by atoms with Gasteiger partial charge in [0, 0.05) is 5.75 Å². The molecule has 0 spiro atoms. The zero-order valence-corrected chi connectivity index (χ0v) is 39.9. The largest absolute Gasteiger partial charge is 0.458 e. The van der Waals surface area contributed by atoms with Crippen molar-refractivity contribution in [3.05, 3.63) is 0 Å². The summed E-state index contributed by atoms with van der Waals surface area (Å²) in [6.07, 6.45) is 43.6. The highest BCUT2D eigenvalue weighted by molar-refractivity contribution is 7.93. The number of ether oxygens (including phenoxy) is 2. The lowest BCUT2D eigenvalue weighted by Gasteiger charge is -2.30. The summed E-state index contributed by atoms with van der Waals surface area (Å²) < 4.78 is 22.4. The van der Waals surface area contributed by atoms with Crippen LogP contribution in [0.4, 0.5) is 0 Å². The van der Waals surface area contributed by atoms with E-state index in [2.05, 4.69) is 34.6 Å². The van der Waals surface area contributed by atoms with Crippen LogP contribution in [0.5, 0.6) is 0 Å². The lowest BCUT2D eigenvalue weighted by Crippen LogP contribution is -2.38. The van der Waals surface area contributed by atoms with Crippen molar-refractivity contribution in [3.63, 3.8) is 0 Å². The molecule has 0 aliphatic heterocycles. The van der Waals surface area contributed by atoms with Gasteiger partial charge in [0.1, 0.15) is 12.2 Å². The first-order valence-electron chi connectivity index (χ1n) is 25.7. The van der Waals surface area contributed by atoms with Crippen LogP contribution in [0.15, 0.2) is 0 Å². The van der Waals surface area contributed by atoms with Gasteiger partial charge in [-0.2, -0.15) is 0 Å². The second kappa shape index (κ2) is 44.8. The van der Waals surface area contributed by atoms with Crippen molar-refractivity contribution in [3.8, 4) is 0 Å². The Hall–Kier alpha value is -0.750. The van der Waals surface area contributed by atoms with Crippen molar-refractivity contribution >= 4 is 24.0 Å². The molecule has 0 heterocycles. The van der Waals surface area contributed by atoms with Gasteiger partial charge in [-0.3, -0.25) is 9.59 Å². The van der Waals surface area contributed by atoms with Crippen molar-refractivity contribution in [2.24, 2.45) is 11.8 Å². The number of unbranched alkanes of at least 4 members (excludes halogenated alkanes) is 27. The van der Waals surface area contributed by atoms with Gasteiger partial charge in [0.05, 0.1) is 11.8 Å². The molecule has 2 unspecified atom stereocenters. The average Bonchev–Trinajstić information content (AvgIpc) is 3.21. The molecule has 340 valence electrons. The van der Waals surface area contributed by atoms with Crippen molar-refractivity contribution in [2.45, 2.75) is 297 Å². The number of carbonyl (C=O) groups is 2. The topological polar surface area (TPSA) is 72.8 Å².